The van der Waals surface area contributed by atoms with Crippen LogP contribution in [-0.4, -0.2) is 4.92 Å². The normalized spacial score (nSPS) is 10.8. The molecule has 2 aromatic rings. The Hall–Kier alpha value is -2.36. The molecule has 0 saturated carbocycles. The molecule has 0 unspecified atom stereocenters. The number of nitro groups is 1. The maximum Gasteiger partial charge on any atom is 0.269 e. The van der Waals surface area contributed by atoms with E-state index < -0.39 is 4.92 Å². The minimum Gasteiger partial charge on any atom is -0.465 e. The summed E-state index contributed by atoms with van der Waals surface area (Å²) >= 11 is 0. The summed E-state index contributed by atoms with van der Waals surface area (Å²) in [6.45, 7) is 0. The molecular formula is C12H9NO3. The van der Waals surface area contributed by atoms with Gasteiger partial charge in [-0.3, -0.25) is 10.1 Å². The van der Waals surface area contributed by atoms with Crippen molar-refractivity contribution in [2.24, 2.45) is 0 Å². The first-order valence-corrected chi connectivity index (χ1v) is 4.72. The Labute approximate surface area is 92.0 Å². The van der Waals surface area contributed by atoms with Crippen molar-refractivity contribution in [3.63, 3.8) is 0 Å². The number of nitrogens with zero attached hydrogens (tertiary/aromatic N) is 1. The first-order valence-electron chi connectivity index (χ1n) is 4.72. The molecule has 0 radical (unpaired) electrons. The van der Waals surface area contributed by atoms with Crippen molar-refractivity contribution in [1.82, 2.24) is 0 Å². The lowest BCUT2D eigenvalue weighted by atomic mass is 10.2. The fourth-order valence-electron chi connectivity index (χ4n) is 1.27. The lowest BCUT2D eigenvalue weighted by molar-refractivity contribution is -0.384. The van der Waals surface area contributed by atoms with Crippen molar-refractivity contribution in [2.75, 3.05) is 0 Å². The van der Waals surface area contributed by atoms with Gasteiger partial charge in [0.15, 0.2) is 0 Å². The maximum absolute atomic E-state index is 10.4. The third kappa shape index (κ3) is 2.36. The smallest absolute Gasteiger partial charge is 0.269 e. The van der Waals surface area contributed by atoms with Crippen molar-refractivity contribution in [3.8, 4) is 0 Å². The minimum absolute atomic E-state index is 0.0927. The molecule has 0 saturated heterocycles. The van der Waals surface area contributed by atoms with Crippen LogP contribution >= 0.6 is 0 Å². The molecule has 0 aliphatic carbocycles. The summed E-state index contributed by atoms with van der Waals surface area (Å²) in [6, 6.07) is 9.97. The molecule has 1 aromatic heterocycles. The molecule has 0 atom stereocenters. The zero-order valence-electron chi connectivity index (χ0n) is 8.37. The van der Waals surface area contributed by atoms with Gasteiger partial charge in [-0.2, -0.15) is 0 Å². The topological polar surface area (TPSA) is 56.3 Å². The van der Waals surface area contributed by atoms with E-state index in [1.807, 2.05) is 12.1 Å². The molecule has 80 valence electrons. The van der Waals surface area contributed by atoms with Gasteiger partial charge in [-0.15, -0.1) is 0 Å². The summed E-state index contributed by atoms with van der Waals surface area (Å²) in [4.78, 5) is 10.0. The third-order valence-corrected chi connectivity index (χ3v) is 2.09. The monoisotopic (exact) mass is 215 g/mol. The zero-order valence-corrected chi connectivity index (χ0v) is 8.37. The van der Waals surface area contributed by atoms with Gasteiger partial charge < -0.3 is 4.42 Å². The molecule has 16 heavy (non-hydrogen) atoms. The number of hydrogen-bond donors (Lipinski definition) is 0. The average molecular weight is 215 g/mol. The van der Waals surface area contributed by atoms with Crippen LogP contribution in [0.5, 0.6) is 0 Å². The molecule has 2 rings (SSSR count). The molecule has 4 heteroatoms. The lowest BCUT2D eigenvalue weighted by Crippen LogP contribution is -1.86. The molecule has 0 bridgehead atoms. The van der Waals surface area contributed by atoms with E-state index in [9.17, 15) is 10.1 Å². The van der Waals surface area contributed by atoms with E-state index in [0.717, 1.165) is 11.3 Å². The van der Waals surface area contributed by atoms with Crippen LogP contribution in [0.25, 0.3) is 12.2 Å². The molecule has 0 N–H and O–H groups in total. The molecule has 4 nitrogen and oxygen atoms in total. The number of benzene rings is 1. The van der Waals surface area contributed by atoms with Gasteiger partial charge in [-0.25, -0.2) is 0 Å². The predicted octanol–water partition coefficient (Wildman–Crippen LogP) is 3.36. The Kier molecular flexibility index (Phi) is 2.82. The van der Waals surface area contributed by atoms with E-state index in [4.69, 9.17) is 4.42 Å². The molecular weight excluding hydrogens is 206 g/mol. The van der Waals surface area contributed by atoms with Gasteiger partial charge in [-0.1, -0.05) is 6.08 Å². The first kappa shape index (κ1) is 10.2. The number of furan rings is 1. The molecule has 1 aromatic carbocycles. The summed E-state index contributed by atoms with van der Waals surface area (Å²) in [6.07, 6.45) is 5.24. The maximum atomic E-state index is 10.4. The molecule has 1 heterocycles. The van der Waals surface area contributed by atoms with Crippen molar-refractivity contribution in [1.29, 1.82) is 0 Å². The second-order valence-corrected chi connectivity index (χ2v) is 3.20. The quantitative estimate of drug-likeness (QED) is 0.582. The fraction of sp³-hybridized carbons (Fsp3) is 0. The van der Waals surface area contributed by atoms with Crippen LogP contribution in [0.2, 0.25) is 0 Å². The average Bonchev–Trinajstić information content (AvgIpc) is 2.80. The van der Waals surface area contributed by atoms with Gasteiger partial charge in [0.2, 0.25) is 0 Å². The van der Waals surface area contributed by atoms with Gasteiger partial charge in [0, 0.05) is 12.1 Å². The Morgan fingerprint density at radius 3 is 2.44 bits per heavy atom. The Morgan fingerprint density at radius 2 is 1.88 bits per heavy atom. The highest BCUT2D eigenvalue weighted by Crippen LogP contribution is 2.14. The zero-order chi connectivity index (χ0) is 11.4. The number of non-ortho nitro benzene ring substituents is 1. The second kappa shape index (κ2) is 4.44. The molecule has 0 aliphatic heterocycles. The Morgan fingerprint density at radius 1 is 1.12 bits per heavy atom. The Balaban J connectivity index is 2.14. The standard InChI is InChI=1S/C12H9NO3/c14-13(15)11-6-3-10(4-7-11)5-8-12-2-1-9-16-12/h1-9H. The summed E-state index contributed by atoms with van der Waals surface area (Å²) in [5.41, 5.74) is 0.983. The van der Waals surface area contributed by atoms with Crippen LogP contribution in [0.3, 0.4) is 0 Å². The van der Waals surface area contributed by atoms with Crippen LogP contribution in [0.1, 0.15) is 11.3 Å². The van der Waals surface area contributed by atoms with E-state index in [1.165, 1.54) is 12.1 Å². The van der Waals surface area contributed by atoms with Crippen molar-refractivity contribution < 1.29 is 9.34 Å². The van der Waals surface area contributed by atoms with Crippen LogP contribution in [0.4, 0.5) is 5.69 Å². The van der Waals surface area contributed by atoms with Crippen LogP contribution in [-0.2, 0) is 0 Å². The van der Waals surface area contributed by atoms with Gasteiger partial charge in [-0.05, 0) is 35.9 Å². The summed E-state index contributed by atoms with van der Waals surface area (Å²) < 4.78 is 5.12. The van der Waals surface area contributed by atoms with Gasteiger partial charge in [0.05, 0.1) is 11.2 Å². The summed E-state index contributed by atoms with van der Waals surface area (Å²) in [5.74, 6) is 0.748. The van der Waals surface area contributed by atoms with E-state index in [0.29, 0.717) is 0 Å². The Bertz CT molecular complexity index is 498. The number of hydrogen-bond acceptors (Lipinski definition) is 3. The van der Waals surface area contributed by atoms with Gasteiger partial charge >= 0.3 is 0 Å². The molecule has 0 aliphatic rings. The van der Waals surface area contributed by atoms with Crippen molar-refractivity contribution in [2.45, 2.75) is 0 Å². The highest BCUT2D eigenvalue weighted by atomic mass is 16.6. The van der Waals surface area contributed by atoms with Gasteiger partial charge in [0.1, 0.15) is 5.76 Å². The molecule has 0 fully saturated rings. The molecule has 0 amide bonds. The number of nitro benzene ring substituents is 1. The van der Waals surface area contributed by atoms with Crippen LogP contribution in [0.15, 0.2) is 47.1 Å². The second-order valence-electron chi connectivity index (χ2n) is 3.20. The highest BCUT2D eigenvalue weighted by molar-refractivity contribution is 5.67. The lowest BCUT2D eigenvalue weighted by Gasteiger charge is -1.92. The van der Waals surface area contributed by atoms with Crippen molar-refractivity contribution in [3.05, 3.63) is 64.1 Å². The van der Waals surface area contributed by atoms with Crippen molar-refractivity contribution >= 4 is 17.8 Å². The fourth-order valence-corrected chi connectivity index (χ4v) is 1.27. The summed E-state index contributed by atoms with van der Waals surface area (Å²) in [5, 5.41) is 10.4. The predicted molar refractivity (Wildman–Crippen MR) is 60.7 cm³/mol. The van der Waals surface area contributed by atoms with E-state index >= 15 is 0 Å². The SMILES string of the molecule is O=[N+]([O-])c1ccc(C=Cc2ccco2)cc1. The van der Waals surface area contributed by atoms with E-state index in [1.54, 1.807) is 30.5 Å². The third-order valence-electron chi connectivity index (χ3n) is 2.09. The first-order chi connectivity index (χ1) is 7.75. The van der Waals surface area contributed by atoms with E-state index in [2.05, 4.69) is 0 Å². The number of rotatable bonds is 3. The van der Waals surface area contributed by atoms with Crippen LogP contribution in [0, 0.1) is 10.1 Å². The minimum atomic E-state index is -0.417. The largest absolute Gasteiger partial charge is 0.465 e. The van der Waals surface area contributed by atoms with Gasteiger partial charge in [0.25, 0.3) is 5.69 Å². The summed E-state index contributed by atoms with van der Waals surface area (Å²) in [7, 11) is 0. The van der Waals surface area contributed by atoms with Crippen LogP contribution < -0.4 is 0 Å². The molecule has 0 spiro atoms. The van der Waals surface area contributed by atoms with E-state index in [-0.39, 0.29) is 5.69 Å². The highest BCUT2D eigenvalue weighted by Gasteiger charge is 2.02.